The summed E-state index contributed by atoms with van der Waals surface area (Å²) in [5.41, 5.74) is 7.14. The largest absolute Gasteiger partial charge is 0.444 e. The molecule has 36 heavy (non-hydrogen) atoms. The average Bonchev–Trinajstić information content (AvgIpc) is 2.87. The number of hydrogen-bond acceptors (Lipinski definition) is 5. The van der Waals surface area contributed by atoms with E-state index in [4.69, 9.17) is 4.74 Å². The fourth-order valence-electron chi connectivity index (χ4n) is 4.90. The van der Waals surface area contributed by atoms with Gasteiger partial charge >= 0.3 is 6.09 Å². The summed E-state index contributed by atoms with van der Waals surface area (Å²) in [4.78, 5) is 29.2. The van der Waals surface area contributed by atoms with Gasteiger partial charge in [-0.2, -0.15) is 0 Å². The zero-order valence-corrected chi connectivity index (χ0v) is 20.8. The molecule has 2 aliphatic heterocycles. The van der Waals surface area contributed by atoms with Gasteiger partial charge in [0.15, 0.2) is 0 Å². The highest BCUT2D eigenvalue weighted by Crippen LogP contribution is 2.32. The molecule has 0 radical (unpaired) electrons. The van der Waals surface area contributed by atoms with E-state index >= 15 is 0 Å². The van der Waals surface area contributed by atoms with Gasteiger partial charge < -0.3 is 15.4 Å². The van der Waals surface area contributed by atoms with E-state index in [0.29, 0.717) is 13.2 Å². The second kappa shape index (κ2) is 10.4. The maximum atomic E-state index is 12.7. The molecule has 0 saturated carbocycles. The summed E-state index contributed by atoms with van der Waals surface area (Å²) in [6.07, 6.45) is 1.33. The summed E-state index contributed by atoms with van der Waals surface area (Å²) in [5.74, 6) is -0.0362. The van der Waals surface area contributed by atoms with E-state index in [-0.39, 0.29) is 18.0 Å². The van der Waals surface area contributed by atoms with Crippen molar-refractivity contribution >= 4 is 34.7 Å². The van der Waals surface area contributed by atoms with Gasteiger partial charge in [0.2, 0.25) is 5.91 Å². The highest BCUT2D eigenvalue weighted by molar-refractivity contribution is 5.93. The third kappa shape index (κ3) is 5.52. The molecule has 0 spiro atoms. The number of anilines is 4. The molecule has 186 valence electrons. The molecular weight excluding hydrogens is 452 g/mol. The Morgan fingerprint density at radius 2 is 1.50 bits per heavy atom. The predicted octanol–water partition coefficient (Wildman–Crippen LogP) is 5.61. The van der Waals surface area contributed by atoms with E-state index in [1.165, 1.54) is 5.56 Å². The van der Waals surface area contributed by atoms with Crippen molar-refractivity contribution in [3.05, 3.63) is 83.4 Å². The van der Waals surface area contributed by atoms with E-state index in [0.717, 1.165) is 59.8 Å². The lowest BCUT2D eigenvalue weighted by molar-refractivity contribution is -0.117. The fraction of sp³-hybridized carbons (Fsp3) is 0.310. The molecule has 2 aliphatic rings. The minimum atomic E-state index is -0.275. The zero-order chi connectivity index (χ0) is 25.1. The molecule has 3 aromatic rings. The number of nitrogens with one attached hydrogen (secondary N) is 2. The van der Waals surface area contributed by atoms with Crippen molar-refractivity contribution < 1.29 is 14.3 Å². The Labute approximate surface area is 212 Å². The molecule has 2 heterocycles. The van der Waals surface area contributed by atoms with Gasteiger partial charge in [-0.05, 0) is 69.2 Å². The number of rotatable bonds is 6. The summed E-state index contributed by atoms with van der Waals surface area (Å²) in [5, 5.41) is 6.36. The summed E-state index contributed by atoms with van der Waals surface area (Å²) in [6.45, 7) is 6.27. The van der Waals surface area contributed by atoms with Gasteiger partial charge in [0.1, 0.15) is 6.61 Å². The molecule has 5 rings (SSSR count). The second-order valence-corrected chi connectivity index (χ2v) is 9.68. The van der Waals surface area contributed by atoms with Gasteiger partial charge in [-0.3, -0.25) is 14.6 Å². The molecule has 7 nitrogen and oxygen atoms in total. The predicted molar refractivity (Wildman–Crippen MR) is 143 cm³/mol. The SMILES string of the molecule is Cc1ccc(Nc2ccc(NC(=O)CN3CCC(N4C(=O)OCc5cc(C)ccc54)CC3)cc2)cc1. The summed E-state index contributed by atoms with van der Waals surface area (Å²) < 4.78 is 5.43. The summed E-state index contributed by atoms with van der Waals surface area (Å²) in [6, 6.07) is 22.2. The summed E-state index contributed by atoms with van der Waals surface area (Å²) >= 11 is 0. The van der Waals surface area contributed by atoms with Gasteiger partial charge in [-0.15, -0.1) is 0 Å². The maximum absolute atomic E-state index is 12.7. The maximum Gasteiger partial charge on any atom is 0.414 e. The van der Waals surface area contributed by atoms with Gasteiger partial charge in [0.05, 0.1) is 12.2 Å². The van der Waals surface area contributed by atoms with Crippen LogP contribution in [0.3, 0.4) is 0 Å². The Bertz CT molecular complexity index is 1230. The van der Waals surface area contributed by atoms with Gasteiger partial charge in [0, 0.05) is 41.8 Å². The van der Waals surface area contributed by atoms with Crippen molar-refractivity contribution in [3.8, 4) is 0 Å². The van der Waals surface area contributed by atoms with Crippen LogP contribution in [0, 0.1) is 13.8 Å². The van der Waals surface area contributed by atoms with E-state index in [2.05, 4.69) is 40.7 Å². The minimum Gasteiger partial charge on any atom is -0.444 e. The van der Waals surface area contributed by atoms with E-state index in [1.54, 1.807) is 0 Å². The first-order valence-electron chi connectivity index (χ1n) is 12.5. The highest BCUT2D eigenvalue weighted by atomic mass is 16.6. The number of ether oxygens (including phenoxy) is 1. The third-order valence-electron chi connectivity index (χ3n) is 6.84. The molecule has 2 amide bonds. The summed E-state index contributed by atoms with van der Waals surface area (Å²) in [7, 11) is 0. The van der Waals surface area contributed by atoms with Crippen LogP contribution in [0.4, 0.5) is 27.5 Å². The fourth-order valence-corrected chi connectivity index (χ4v) is 4.90. The lowest BCUT2D eigenvalue weighted by Crippen LogP contribution is -2.50. The van der Waals surface area contributed by atoms with Crippen LogP contribution in [0.2, 0.25) is 0 Å². The molecule has 2 N–H and O–H groups in total. The lowest BCUT2D eigenvalue weighted by Gasteiger charge is -2.40. The Balaban J connectivity index is 1.12. The number of benzene rings is 3. The van der Waals surface area contributed by atoms with Crippen LogP contribution < -0.4 is 15.5 Å². The van der Waals surface area contributed by atoms with Gasteiger partial charge in [-0.1, -0.05) is 35.4 Å². The van der Waals surface area contributed by atoms with Gasteiger partial charge in [-0.25, -0.2) is 4.79 Å². The minimum absolute atomic E-state index is 0.0362. The van der Waals surface area contributed by atoms with Crippen LogP contribution in [-0.4, -0.2) is 42.6 Å². The Kier molecular flexibility index (Phi) is 6.91. The first kappa shape index (κ1) is 23.9. The average molecular weight is 485 g/mol. The first-order valence-corrected chi connectivity index (χ1v) is 12.5. The second-order valence-electron chi connectivity index (χ2n) is 9.68. The standard InChI is InChI=1S/C29H32N4O3/c1-20-3-6-23(7-4-20)30-24-8-10-25(11-9-24)31-28(34)18-32-15-13-26(14-16-32)33-27-12-5-21(2)17-22(27)19-36-29(33)35/h3-12,17,26,30H,13-16,18-19H2,1-2H3,(H,31,34). The normalized spacial score (nSPS) is 16.3. The van der Waals surface area contributed by atoms with E-state index in [9.17, 15) is 9.59 Å². The topological polar surface area (TPSA) is 73.9 Å². The van der Waals surface area contributed by atoms with Crippen LogP contribution in [0.5, 0.6) is 0 Å². The molecule has 1 fully saturated rings. The van der Waals surface area contributed by atoms with Crippen molar-refractivity contribution in [2.75, 3.05) is 35.2 Å². The molecule has 1 saturated heterocycles. The number of piperidine rings is 1. The Hall–Kier alpha value is -3.84. The molecule has 7 heteroatoms. The van der Waals surface area contributed by atoms with Crippen LogP contribution >= 0.6 is 0 Å². The third-order valence-corrected chi connectivity index (χ3v) is 6.84. The quantitative estimate of drug-likeness (QED) is 0.476. The Morgan fingerprint density at radius 3 is 2.19 bits per heavy atom. The first-order chi connectivity index (χ1) is 17.4. The van der Waals surface area contributed by atoms with E-state index < -0.39 is 0 Å². The molecule has 0 bridgehead atoms. The number of likely N-dealkylation sites (tertiary alicyclic amines) is 1. The Morgan fingerprint density at radius 1 is 0.889 bits per heavy atom. The number of hydrogen-bond donors (Lipinski definition) is 2. The van der Waals surface area contributed by atoms with Crippen LogP contribution in [0.15, 0.2) is 66.7 Å². The number of cyclic esters (lactones) is 1. The van der Waals surface area contributed by atoms with Crippen molar-refractivity contribution in [2.24, 2.45) is 0 Å². The molecule has 3 aromatic carbocycles. The molecule has 0 aromatic heterocycles. The number of carbonyl (C=O) groups is 2. The van der Waals surface area contributed by atoms with Crippen LogP contribution in [-0.2, 0) is 16.1 Å². The van der Waals surface area contributed by atoms with Crippen molar-refractivity contribution in [2.45, 2.75) is 39.3 Å². The monoisotopic (exact) mass is 484 g/mol. The van der Waals surface area contributed by atoms with E-state index in [1.807, 2.05) is 60.4 Å². The van der Waals surface area contributed by atoms with Crippen molar-refractivity contribution in [1.29, 1.82) is 0 Å². The number of nitrogens with zero attached hydrogens (tertiary/aromatic N) is 2. The molecule has 0 aliphatic carbocycles. The van der Waals surface area contributed by atoms with Crippen molar-refractivity contribution in [3.63, 3.8) is 0 Å². The van der Waals surface area contributed by atoms with Crippen LogP contribution in [0.1, 0.15) is 29.5 Å². The van der Waals surface area contributed by atoms with Crippen molar-refractivity contribution in [1.82, 2.24) is 4.90 Å². The van der Waals surface area contributed by atoms with Crippen LogP contribution in [0.25, 0.3) is 0 Å². The zero-order valence-electron chi connectivity index (χ0n) is 20.8. The lowest BCUT2D eigenvalue weighted by atomic mass is 10.00. The molecule has 0 unspecified atom stereocenters. The highest BCUT2D eigenvalue weighted by Gasteiger charge is 2.34. The molecular formula is C29H32N4O3. The number of carbonyl (C=O) groups excluding carboxylic acids is 2. The van der Waals surface area contributed by atoms with Gasteiger partial charge in [0.25, 0.3) is 0 Å². The number of aryl methyl sites for hydroxylation is 2. The number of fused-ring (bicyclic) bond motifs is 1. The number of amides is 2. The smallest absolute Gasteiger partial charge is 0.414 e. The molecule has 0 atom stereocenters.